The Bertz CT molecular complexity index is 810. The van der Waals surface area contributed by atoms with Crippen molar-refractivity contribution in [3.63, 3.8) is 0 Å². The maximum Gasteiger partial charge on any atom is 0.128 e. The molecule has 3 aromatic rings. The Labute approximate surface area is 142 Å². The molecule has 4 nitrogen and oxygen atoms in total. The number of benzene rings is 2. The van der Waals surface area contributed by atoms with Crippen molar-refractivity contribution < 1.29 is 9.84 Å². The van der Waals surface area contributed by atoms with E-state index in [0.717, 1.165) is 40.1 Å². The lowest BCUT2D eigenvalue weighted by atomic mass is 10.0. The first kappa shape index (κ1) is 16.3. The monoisotopic (exact) mass is 322 g/mol. The summed E-state index contributed by atoms with van der Waals surface area (Å²) < 4.78 is 7.87. The van der Waals surface area contributed by atoms with Crippen molar-refractivity contribution >= 4 is 0 Å². The van der Waals surface area contributed by atoms with E-state index >= 15 is 0 Å². The van der Waals surface area contributed by atoms with Crippen LogP contribution in [-0.2, 0) is 19.8 Å². The number of aryl methyl sites for hydroxylation is 2. The van der Waals surface area contributed by atoms with Gasteiger partial charge in [-0.3, -0.25) is 4.68 Å². The highest BCUT2D eigenvalue weighted by molar-refractivity contribution is 5.66. The van der Waals surface area contributed by atoms with Crippen LogP contribution in [0.4, 0.5) is 0 Å². The molecule has 0 unspecified atom stereocenters. The second kappa shape index (κ2) is 7.32. The van der Waals surface area contributed by atoms with Crippen molar-refractivity contribution in [3.05, 3.63) is 71.5 Å². The molecule has 124 valence electrons. The zero-order valence-corrected chi connectivity index (χ0v) is 14.1. The van der Waals surface area contributed by atoms with E-state index in [9.17, 15) is 5.11 Å². The normalized spacial score (nSPS) is 10.8. The van der Waals surface area contributed by atoms with Crippen LogP contribution in [-0.4, -0.2) is 14.9 Å². The van der Waals surface area contributed by atoms with Gasteiger partial charge in [-0.25, -0.2) is 0 Å². The average Bonchev–Trinajstić information content (AvgIpc) is 3.10. The number of nitrogens with zero attached hydrogens (tertiary/aromatic N) is 2. The van der Waals surface area contributed by atoms with Crippen molar-refractivity contribution in [1.29, 1.82) is 0 Å². The van der Waals surface area contributed by atoms with E-state index in [0.29, 0.717) is 6.61 Å². The minimum absolute atomic E-state index is 0.0548. The summed E-state index contributed by atoms with van der Waals surface area (Å²) in [4.78, 5) is 0. The third kappa shape index (κ3) is 3.49. The molecule has 24 heavy (non-hydrogen) atoms. The van der Waals surface area contributed by atoms with Crippen molar-refractivity contribution in [2.45, 2.75) is 33.6 Å². The fraction of sp³-hybridized carbons (Fsp3) is 0.250. The van der Waals surface area contributed by atoms with Crippen LogP contribution in [0.25, 0.3) is 11.1 Å². The van der Waals surface area contributed by atoms with Crippen LogP contribution in [0.15, 0.2) is 54.9 Å². The van der Waals surface area contributed by atoms with E-state index in [4.69, 9.17) is 4.74 Å². The molecule has 0 atom stereocenters. The van der Waals surface area contributed by atoms with Crippen LogP contribution in [0.1, 0.15) is 23.6 Å². The van der Waals surface area contributed by atoms with Gasteiger partial charge in [0.05, 0.1) is 12.8 Å². The molecule has 0 bridgehead atoms. The van der Waals surface area contributed by atoms with E-state index < -0.39 is 0 Å². The Kier molecular flexibility index (Phi) is 4.96. The largest absolute Gasteiger partial charge is 0.488 e. The van der Waals surface area contributed by atoms with Crippen molar-refractivity contribution in [3.8, 4) is 16.9 Å². The molecule has 0 saturated carbocycles. The van der Waals surface area contributed by atoms with Gasteiger partial charge in [0, 0.05) is 23.9 Å². The molecule has 4 heteroatoms. The number of aliphatic hydroxyl groups is 1. The molecule has 0 aliphatic rings. The smallest absolute Gasteiger partial charge is 0.128 e. The van der Waals surface area contributed by atoms with Crippen molar-refractivity contribution in [1.82, 2.24) is 9.78 Å². The fourth-order valence-corrected chi connectivity index (χ4v) is 2.75. The van der Waals surface area contributed by atoms with Crippen LogP contribution in [0, 0.1) is 6.92 Å². The van der Waals surface area contributed by atoms with Crippen LogP contribution in [0.5, 0.6) is 5.75 Å². The van der Waals surface area contributed by atoms with Crippen LogP contribution >= 0.6 is 0 Å². The molecular weight excluding hydrogens is 300 g/mol. The highest BCUT2D eigenvalue weighted by Gasteiger charge is 2.12. The maximum absolute atomic E-state index is 9.76. The number of aromatic nitrogens is 2. The molecule has 1 N–H and O–H groups in total. The lowest BCUT2D eigenvalue weighted by Gasteiger charge is -2.15. The second-order valence-corrected chi connectivity index (χ2v) is 5.80. The number of rotatable bonds is 6. The topological polar surface area (TPSA) is 47.3 Å². The van der Waals surface area contributed by atoms with Gasteiger partial charge >= 0.3 is 0 Å². The van der Waals surface area contributed by atoms with Crippen molar-refractivity contribution in [2.24, 2.45) is 0 Å². The predicted octanol–water partition coefficient (Wildman–Crippen LogP) is 3.95. The average molecular weight is 322 g/mol. The summed E-state index contributed by atoms with van der Waals surface area (Å²) in [6.07, 6.45) is 3.87. The van der Waals surface area contributed by atoms with E-state index in [-0.39, 0.29) is 6.61 Å². The minimum Gasteiger partial charge on any atom is -0.488 e. The van der Waals surface area contributed by atoms with Gasteiger partial charge in [-0.15, -0.1) is 0 Å². The third-order valence-corrected chi connectivity index (χ3v) is 4.04. The maximum atomic E-state index is 9.76. The molecule has 3 rings (SSSR count). The number of hydrogen-bond acceptors (Lipinski definition) is 3. The Hall–Kier alpha value is -2.59. The summed E-state index contributed by atoms with van der Waals surface area (Å²) in [6, 6.07) is 14.1. The zero-order chi connectivity index (χ0) is 16.9. The first-order valence-corrected chi connectivity index (χ1v) is 8.15. The van der Waals surface area contributed by atoms with Crippen LogP contribution in [0.2, 0.25) is 0 Å². The molecule has 0 amide bonds. The van der Waals surface area contributed by atoms with Gasteiger partial charge in [-0.1, -0.05) is 30.3 Å². The second-order valence-electron chi connectivity index (χ2n) is 5.80. The van der Waals surface area contributed by atoms with Crippen LogP contribution < -0.4 is 4.74 Å². The quantitative estimate of drug-likeness (QED) is 0.747. The molecular formula is C20H22N2O2. The summed E-state index contributed by atoms with van der Waals surface area (Å²) in [5, 5.41) is 14.1. The van der Waals surface area contributed by atoms with Gasteiger partial charge in [0.2, 0.25) is 0 Å². The molecule has 0 saturated heterocycles. The van der Waals surface area contributed by atoms with Crippen LogP contribution in [0.3, 0.4) is 0 Å². The van der Waals surface area contributed by atoms with Gasteiger partial charge in [0.15, 0.2) is 0 Å². The molecule has 0 aliphatic carbocycles. The highest BCUT2D eigenvalue weighted by Crippen LogP contribution is 2.31. The van der Waals surface area contributed by atoms with Gasteiger partial charge in [0.1, 0.15) is 12.4 Å². The number of aliphatic hydroxyl groups excluding tert-OH is 1. The summed E-state index contributed by atoms with van der Waals surface area (Å²) >= 11 is 0. The predicted molar refractivity (Wildman–Crippen MR) is 94.8 cm³/mol. The zero-order valence-electron chi connectivity index (χ0n) is 14.1. The third-order valence-electron chi connectivity index (χ3n) is 4.04. The standard InChI is InChI=1S/C20H22N2O2/c1-3-22-12-19(11-21-22)17-9-15(2)20(18(10-17)13-23)24-14-16-7-5-4-6-8-16/h4-12,23H,3,13-14H2,1-2H3. The fourth-order valence-electron chi connectivity index (χ4n) is 2.75. The SMILES string of the molecule is CCn1cc(-c2cc(C)c(OCc3ccccc3)c(CO)c2)cn1. The number of ether oxygens (including phenoxy) is 1. The summed E-state index contributed by atoms with van der Waals surface area (Å²) in [5.74, 6) is 0.757. The highest BCUT2D eigenvalue weighted by atomic mass is 16.5. The molecule has 1 heterocycles. The van der Waals surface area contributed by atoms with E-state index in [1.807, 2.05) is 60.4 Å². The lowest BCUT2D eigenvalue weighted by Crippen LogP contribution is -2.01. The van der Waals surface area contributed by atoms with E-state index in [1.165, 1.54) is 0 Å². The lowest BCUT2D eigenvalue weighted by molar-refractivity contribution is 0.258. The minimum atomic E-state index is -0.0548. The number of hydrogen-bond donors (Lipinski definition) is 1. The van der Waals surface area contributed by atoms with E-state index in [2.05, 4.69) is 18.1 Å². The molecule has 0 fully saturated rings. The molecule has 2 aromatic carbocycles. The first-order valence-electron chi connectivity index (χ1n) is 8.15. The van der Waals surface area contributed by atoms with E-state index in [1.54, 1.807) is 0 Å². The summed E-state index contributed by atoms with van der Waals surface area (Å²) in [6.45, 7) is 5.33. The van der Waals surface area contributed by atoms with Gasteiger partial charge in [0.25, 0.3) is 0 Å². The summed E-state index contributed by atoms with van der Waals surface area (Å²) in [5.41, 5.74) is 5.00. The summed E-state index contributed by atoms with van der Waals surface area (Å²) in [7, 11) is 0. The first-order chi connectivity index (χ1) is 11.7. The molecule has 1 aromatic heterocycles. The molecule has 0 radical (unpaired) electrons. The Morgan fingerprint density at radius 3 is 2.58 bits per heavy atom. The van der Waals surface area contributed by atoms with Crippen molar-refractivity contribution in [2.75, 3.05) is 0 Å². The Morgan fingerprint density at radius 2 is 1.92 bits per heavy atom. The van der Waals surface area contributed by atoms with Gasteiger partial charge in [-0.05, 0) is 42.7 Å². The Balaban J connectivity index is 1.87. The van der Waals surface area contributed by atoms with Gasteiger partial charge in [-0.2, -0.15) is 5.10 Å². The van der Waals surface area contributed by atoms with Gasteiger partial charge < -0.3 is 9.84 Å². The Morgan fingerprint density at radius 1 is 1.12 bits per heavy atom. The molecule has 0 spiro atoms. The molecule has 0 aliphatic heterocycles.